The lowest BCUT2D eigenvalue weighted by Crippen LogP contribution is -2.20. The summed E-state index contributed by atoms with van der Waals surface area (Å²) in [5.41, 5.74) is 5.00. The van der Waals surface area contributed by atoms with E-state index in [-0.39, 0.29) is 18.1 Å². The molecule has 0 aliphatic heterocycles. The van der Waals surface area contributed by atoms with Crippen molar-refractivity contribution in [2.24, 2.45) is 5.10 Å². The maximum Gasteiger partial charge on any atom is 0.271 e. The second-order valence-electron chi connectivity index (χ2n) is 7.00. The Bertz CT molecular complexity index is 1150. The third kappa shape index (κ3) is 6.90. The third-order valence-electron chi connectivity index (χ3n) is 4.53. The van der Waals surface area contributed by atoms with Crippen LogP contribution in [0.2, 0.25) is 0 Å². The zero-order valence-electron chi connectivity index (χ0n) is 18.3. The lowest BCUT2D eigenvalue weighted by molar-refractivity contribution is -0.118. The summed E-state index contributed by atoms with van der Waals surface area (Å²) in [7, 11) is 0. The number of amides is 2. The fourth-order valence-corrected chi connectivity index (χ4v) is 2.87. The van der Waals surface area contributed by atoms with Gasteiger partial charge in [0.25, 0.3) is 11.8 Å². The first-order valence-electron chi connectivity index (χ1n) is 10.3. The molecule has 0 bridgehead atoms. The van der Waals surface area contributed by atoms with Crippen LogP contribution in [-0.4, -0.2) is 31.2 Å². The van der Waals surface area contributed by atoms with Gasteiger partial charge in [-0.05, 0) is 73.5 Å². The molecule has 3 rings (SSSR count). The molecule has 8 heteroatoms. The quantitative estimate of drug-likeness (QED) is 0.376. The van der Waals surface area contributed by atoms with Gasteiger partial charge in [0.2, 0.25) is 0 Å². The molecule has 0 saturated carbocycles. The number of hydrazone groups is 1. The van der Waals surface area contributed by atoms with Gasteiger partial charge in [-0.3, -0.25) is 9.59 Å². The largest absolute Gasteiger partial charge is 0.490 e. The predicted molar refractivity (Wildman–Crippen MR) is 124 cm³/mol. The second-order valence-corrected chi connectivity index (χ2v) is 7.00. The molecule has 0 aromatic heterocycles. The third-order valence-corrected chi connectivity index (χ3v) is 4.53. The Balaban J connectivity index is 1.60. The van der Waals surface area contributed by atoms with Crippen molar-refractivity contribution < 1.29 is 23.5 Å². The van der Waals surface area contributed by atoms with Gasteiger partial charge < -0.3 is 14.8 Å². The van der Waals surface area contributed by atoms with E-state index in [1.54, 1.807) is 18.2 Å². The number of anilines is 1. The Hall–Kier alpha value is -4.20. The number of rotatable bonds is 9. The average molecular weight is 449 g/mol. The lowest BCUT2D eigenvalue weighted by Gasteiger charge is -2.13. The smallest absolute Gasteiger partial charge is 0.271 e. The second kappa shape index (κ2) is 11.4. The van der Waals surface area contributed by atoms with E-state index in [1.165, 1.54) is 30.5 Å². The highest BCUT2D eigenvalue weighted by Gasteiger charge is 2.10. The van der Waals surface area contributed by atoms with Crippen LogP contribution in [0.5, 0.6) is 11.5 Å². The SMILES string of the molecule is CCOc1cc(/C=N\NC(=O)c2ccc(F)cc2)ccc1OCC(=O)Nc1ccccc1C. The molecule has 0 atom stereocenters. The first-order chi connectivity index (χ1) is 16.0. The molecular weight excluding hydrogens is 425 g/mol. The Labute approximate surface area is 191 Å². The van der Waals surface area contributed by atoms with Crippen molar-refractivity contribution >= 4 is 23.7 Å². The van der Waals surface area contributed by atoms with Crippen LogP contribution in [-0.2, 0) is 4.79 Å². The number of nitrogens with zero attached hydrogens (tertiary/aromatic N) is 1. The van der Waals surface area contributed by atoms with Gasteiger partial charge in [0.1, 0.15) is 5.82 Å². The van der Waals surface area contributed by atoms with Gasteiger partial charge in [-0.25, -0.2) is 9.82 Å². The lowest BCUT2D eigenvalue weighted by atomic mass is 10.2. The molecular formula is C25H24FN3O4. The zero-order valence-corrected chi connectivity index (χ0v) is 18.3. The number of hydrogen-bond acceptors (Lipinski definition) is 5. The summed E-state index contributed by atoms with van der Waals surface area (Å²) in [5.74, 6) is -0.329. The topological polar surface area (TPSA) is 89.0 Å². The van der Waals surface area contributed by atoms with Crippen LogP contribution >= 0.6 is 0 Å². The van der Waals surface area contributed by atoms with E-state index in [0.29, 0.717) is 23.7 Å². The van der Waals surface area contributed by atoms with E-state index in [2.05, 4.69) is 15.8 Å². The van der Waals surface area contributed by atoms with Crippen molar-refractivity contribution in [3.63, 3.8) is 0 Å². The molecule has 0 heterocycles. The van der Waals surface area contributed by atoms with Crippen molar-refractivity contribution in [1.82, 2.24) is 5.43 Å². The fraction of sp³-hybridized carbons (Fsp3) is 0.160. The van der Waals surface area contributed by atoms with Crippen LogP contribution in [0, 0.1) is 12.7 Å². The Morgan fingerprint density at radius 1 is 1.00 bits per heavy atom. The molecule has 0 spiro atoms. The maximum atomic E-state index is 13.0. The first kappa shape index (κ1) is 23.5. The molecule has 0 radical (unpaired) electrons. The van der Waals surface area contributed by atoms with Gasteiger partial charge >= 0.3 is 0 Å². The number of nitrogens with one attached hydrogen (secondary N) is 2. The van der Waals surface area contributed by atoms with Crippen molar-refractivity contribution in [3.05, 3.63) is 89.2 Å². The number of hydrogen-bond donors (Lipinski definition) is 2. The van der Waals surface area contributed by atoms with E-state index in [9.17, 15) is 14.0 Å². The molecule has 0 fully saturated rings. The van der Waals surface area contributed by atoms with Crippen molar-refractivity contribution in [1.29, 1.82) is 0 Å². The summed E-state index contributed by atoms with van der Waals surface area (Å²) in [4.78, 5) is 24.3. The van der Waals surface area contributed by atoms with Crippen LogP contribution in [0.1, 0.15) is 28.4 Å². The van der Waals surface area contributed by atoms with Crippen LogP contribution in [0.15, 0.2) is 71.8 Å². The van der Waals surface area contributed by atoms with E-state index in [0.717, 1.165) is 11.3 Å². The van der Waals surface area contributed by atoms with Crippen molar-refractivity contribution in [3.8, 4) is 11.5 Å². The Kier molecular flexibility index (Phi) is 8.13. The zero-order chi connectivity index (χ0) is 23.6. The van der Waals surface area contributed by atoms with Gasteiger partial charge in [0.05, 0.1) is 12.8 Å². The molecule has 33 heavy (non-hydrogen) atoms. The summed E-state index contributed by atoms with van der Waals surface area (Å²) in [6.45, 7) is 3.95. The van der Waals surface area contributed by atoms with Gasteiger partial charge in [-0.2, -0.15) is 5.10 Å². The Morgan fingerprint density at radius 3 is 2.48 bits per heavy atom. The normalized spacial score (nSPS) is 10.6. The summed E-state index contributed by atoms with van der Waals surface area (Å²) in [6, 6.07) is 17.7. The number of ether oxygens (including phenoxy) is 2. The minimum absolute atomic E-state index is 0.185. The summed E-state index contributed by atoms with van der Waals surface area (Å²) in [6.07, 6.45) is 1.44. The van der Waals surface area contributed by atoms with Gasteiger partial charge in [-0.15, -0.1) is 0 Å². The van der Waals surface area contributed by atoms with Crippen molar-refractivity contribution in [2.75, 3.05) is 18.5 Å². The minimum Gasteiger partial charge on any atom is -0.490 e. The number of carbonyl (C=O) groups is 2. The molecule has 0 aliphatic carbocycles. The highest BCUT2D eigenvalue weighted by Crippen LogP contribution is 2.28. The molecule has 0 unspecified atom stereocenters. The molecule has 7 nitrogen and oxygen atoms in total. The van der Waals surface area contributed by atoms with Crippen LogP contribution < -0.4 is 20.2 Å². The number of carbonyl (C=O) groups excluding carboxylic acids is 2. The van der Waals surface area contributed by atoms with E-state index < -0.39 is 11.7 Å². The van der Waals surface area contributed by atoms with Gasteiger partial charge in [0.15, 0.2) is 18.1 Å². The predicted octanol–water partition coefficient (Wildman–Crippen LogP) is 4.31. The van der Waals surface area contributed by atoms with E-state index >= 15 is 0 Å². The number of aryl methyl sites for hydroxylation is 1. The number of halogens is 1. The van der Waals surface area contributed by atoms with Crippen LogP contribution in [0.3, 0.4) is 0 Å². The summed E-state index contributed by atoms with van der Waals surface area (Å²) < 4.78 is 24.2. The van der Waals surface area contributed by atoms with E-state index in [1.807, 2.05) is 38.1 Å². The molecule has 170 valence electrons. The standard InChI is InChI=1S/C25H24FN3O4/c1-3-32-23-14-18(15-27-29-25(31)19-9-11-20(26)12-10-19)8-13-22(23)33-16-24(30)28-21-7-5-4-6-17(21)2/h4-15H,3,16H2,1-2H3,(H,28,30)(H,29,31)/b27-15-. The maximum absolute atomic E-state index is 13.0. The molecule has 0 aliphatic rings. The monoisotopic (exact) mass is 449 g/mol. The highest BCUT2D eigenvalue weighted by molar-refractivity contribution is 5.95. The Morgan fingerprint density at radius 2 is 1.76 bits per heavy atom. The van der Waals surface area contributed by atoms with Crippen LogP contribution in [0.4, 0.5) is 10.1 Å². The number of para-hydroxylation sites is 1. The van der Waals surface area contributed by atoms with Crippen molar-refractivity contribution in [2.45, 2.75) is 13.8 Å². The average Bonchev–Trinajstić information content (AvgIpc) is 2.80. The molecule has 2 amide bonds. The number of benzene rings is 3. The summed E-state index contributed by atoms with van der Waals surface area (Å²) >= 11 is 0. The highest BCUT2D eigenvalue weighted by atomic mass is 19.1. The molecule has 3 aromatic rings. The van der Waals surface area contributed by atoms with Gasteiger partial charge in [0, 0.05) is 11.3 Å². The summed E-state index contributed by atoms with van der Waals surface area (Å²) in [5, 5.41) is 6.73. The molecule has 2 N–H and O–H groups in total. The molecule has 0 saturated heterocycles. The minimum atomic E-state index is -0.462. The molecule has 3 aromatic carbocycles. The fourth-order valence-electron chi connectivity index (χ4n) is 2.87. The van der Waals surface area contributed by atoms with Gasteiger partial charge in [-0.1, -0.05) is 18.2 Å². The van der Waals surface area contributed by atoms with E-state index in [4.69, 9.17) is 9.47 Å². The first-order valence-corrected chi connectivity index (χ1v) is 10.3. The van der Waals surface area contributed by atoms with Crippen LogP contribution in [0.25, 0.3) is 0 Å².